The number of aromatic amines is 1. The van der Waals surface area contributed by atoms with Gasteiger partial charge in [0, 0.05) is 51.5 Å². The van der Waals surface area contributed by atoms with Gasteiger partial charge in [-0.1, -0.05) is 56.3 Å². The van der Waals surface area contributed by atoms with Crippen LogP contribution in [-0.4, -0.2) is 49.7 Å². The van der Waals surface area contributed by atoms with E-state index in [4.69, 9.17) is 23.5 Å². The van der Waals surface area contributed by atoms with Crippen LogP contribution in [0.4, 0.5) is 5.69 Å². The number of aliphatic hydroxyl groups is 1. The predicted octanol–water partition coefficient (Wildman–Crippen LogP) is 5.32. The first-order valence-corrected chi connectivity index (χ1v) is 17.3. The third kappa shape index (κ3) is 3.77. The van der Waals surface area contributed by atoms with Crippen LogP contribution in [0.15, 0.2) is 75.8 Å². The Labute approximate surface area is 290 Å². The Hall–Kier alpha value is -5.88. The van der Waals surface area contributed by atoms with Gasteiger partial charge in [-0.3, -0.25) is 9.59 Å². The zero-order valence-electron chi connectivity index (χ0n) is 27.7. The van der Waals surface area contributed by atoms with Crippen LogP contribution in [0.3, 0.4) is 0 Å². The second-order valence-corrected chi connectivity index (χ2v) is 14.7. The largest absolute Gasteiger partial charge is 0.469 e. The van der Waals surface area contributed by atoms with E-state index in [2.05, 4.69) is 45.2 Å². The zero-order valence-corrected chi connectivity index (χ0v) is 27.7. The quantitative estimate of drug-likeness (QED) is 0.166. The summed E-state index contributed by atoms with van der Waals surface area (Å²) >= 11 is 0. The minimum atomic E-state index is -1.45. The summed E-state index contributed by atoms with van der Waals surface area (Å²) < 4.78 is 20.4. The number of benzene rings is 3. The van der Waals surface area contributed by atoms with Crippen LogP contribution >= 0.6 is 0 Å². The molecule has 1 aliphatic carbocycles. The van der Waals surface area contributed by atoms with Crippen molar-refractivity contribution in [1.82, 2.24) is 25.6 Å². The fourth-order valence-electron chi connectivity index (χ4n) is 8.50. The maximum Gasteiger partial charge on any atom is 0.252 e. The van der Waals surface area contributed by atoms with Gasteiger partial charge in [0.1, 0.15) is 28.8 Å². The number of anilines is 1. The summed E-state index contributed by atoms with van der Waals surface area (Å²) in [7, 11) is 0. The molecule has 12 heteroatoms. The van der Waals surface area contributed by atoms with Crippen LogP contribution in [-0.2, 0) is 21.4 Å². The van der Waals surface area contributed by atoms with E-state index in [0.29, 0.717) is 35.8 Å². The van der Waals surface area contributed by atoms with Crippen LogP contribution in [0.25, 0.3) is 44.9 Å². The molecule has 2 amide bonds. The van der Waals surface area contributed by atoms with E-state index in [1.165, 1.54) is 0 Å². The Bertz CT molecular complexity index is 2510. The minimum Gasteiger partial charge on any atom is -0.469 e. The lowest BCUT2D eigenvalue weighted by molar-refractivity contribution is -0.135. The molecule has 4 atom stereocenters. The van der Waals surface area contributed by atoms with Gasteiger partial charge in [-0.05, 0) is 42.0 Å². The number of carbonyl (C=O) groups is 2. The van der Waals surface area contributed by atoms with Gasteiger partial charge in [-0.2, -0.15) is 0 Å². The molecule has 254 valence electrons. The first-order chi connectivity index (χ1) is 24.7. The number of ether oxygens (including phenoxy) is 1. The molecule has 1 spiro atoms. The number of carbonyl (C=O) groups excluding carboxylic acids is 2. The zero-order chi connectivity index (χ0) is 34.4. The van der Waals surface area contributed by atoms with Crippen LogP contribution in [0.2, 0.25) is 0 Å². The minimum absolute atomic E-state index is 0.160. The number of hydrogen-bond acceptors (Lipinski definition) is 9. The van der Waals surface area contributed by atoms with Crippen molar-refractivity contribution in [3.05, 3.63) is 95.3 Å². The molecule has 5 N–H and O–H groups in total. The lowest BCUT2D eigenvalue weighted by Crippen LogP contribution is -2.52. The number of hydrogen-bond donors (Lipinski definition) is 5. The molecule has 4 aliphatic heterocycles. The van der Waals surface area contributed by atoms with Crippen LogP contribution in [0.5, 0.6) is 5.75 Å². The van der Waals surface area contributed by atoms with Gasteiger partial charge >= 0.3 is 0 Å². The Morgan fingerprint density at radius 3 is 2.71 bits per heavy atom. The molecule has 6 aromatic rings. The summed E-state index contributed by atoms with van der Waals surface area (Å²) in [5.41, 5.74) is 5.22. The number of nitrogens with zero attached hydrogens (tertiary/aromatic N) is 2. The molecule has 1 saturated carbocycles. The van der Waals surface area contributed by atoms with Crippen LogP contribution in [0, 0.1) is 5.92 Å². The van der Waals surface area contributed by atoms with Gasteiger partial charge in [0.05, 0.1) is 6.20 Å². The molecule has 1 fully saturated rings. The summed E-state index contributed by atoms with van der Waals surface area (Å²) in [5, 5.41) is 21.4. The topological polar surface area (TPSA) is 168 Å². The highest BCUT2D eigenvalue weighted by molar-refractivity contribution is 6.07. The van der Waals surface area contributed by atoms with Crippen molar-refractivity contribution in [2.24, 2.45) is 5.92 Å². The van der Waals surface area contributed by atoms with Crippen molar-refractivity contribution in [3.8, 4) is 39.8 Å². The molecule has 51 heavy (non-hydrogen) atoms. The van der Waals surface area contributed by atoms with Crippen molar-refractivity contribution in [2.75, 3.05) is 5.32 Å². The van der Waals surface area contributed by atoms with Crippen LogP contribution < -0.4 is 20.7 Å². The molecule has 1 unspecified atom stereocenters. The van der Waals surface area contributed by atoms with Gasteiger partial charge in [0.15, 0.2) is 23.4 Å². The first kappa shape index (κ1) is 28.9. The Morgan fingerprint density at radius 2 is 1.86 bits per heavy atom. The first-order valence-electron chi connectivity index (χ1n) is 17.3. The number of amides is 2. The average molecular weight is 681 g/mol. The summed E-state index contributed by atoms with van der Waals surface area (Å²) in [6.07, 6.45) is 3.93. The van der Waals surface area contributed by atoms with Gasteiger partial charge in [0.2, 0.25) is 17.7 Å². The number of fused-ring (bicyclic) bond motifs is 7. The molecule has 3 aromatic carbocycles. The van der Waals surface area contributed by atoms with Gasteiger partial charge in [-0.15, -0.1) is 0 Å². The SMILES string of the molecule is CC(C)[C@@H]1NC(=O)[C@@H](NC(=O)C2(O)CC2)Cc2ccc3c(c2)[C@]24c5cccc(c5NC2O3)-c2cccc3[nH]cc(c23)-c2cnc(o2)-c2nc1oc24. The number of nitrogens with one attached hydrogen (secondary N) is 4. The number of oxazole rings is 2. The van der Waals surface area contributed by atoms with Crippen molar-refractivity contribution in [1.29, 1.82) is 0 Å². The number of para-hydroxylation sites is 1. The highest BCUT2D eigenvalue weighted by Crippen LogP contribution is 2.61. The van der Waals surface area contributed by atoms with Crippen molar-refractivity contribution in [3.63, 3.8) is 0 Å². The second-order valence-electron chi connectivity index (χ2n) is 14.7. The van der Waals surface area contributed by atoms with Crippen molar-refractivity contribution >= 4 is 28.4 Å². The predicted molar refractivity (Wildman–Crippen MR) is 185 cm³/mol. The average Bonchev–Trinajstić information content (AvgIpc) is 3.65. The van der Waals surface area contributed by atoms with E-state index < -0.39 is 41.1 Å². The molecule has 5 aliphatic rings. The Balaban J connectivity index is 1.22. The van der Waals surface area contributed by atoms with Crippen molar-refractivity contribution < 1.29 is 28.3 Å². The molecule has 3 aromatic heterocycles. The van der Waals surface area contributed by atoms with E-state index in [0.717, 1.165) is 50.0 Å². The van der Waals surface area contributed by atoms with Crippen molar-refractivity contribution in [2.45, 2.75) is 62.4 Å². The van der Waals surface area contributed by atoms with E-state index >= 15 is 0 Å². The lowest BCUT2D eigenvalue weighted by Gasteiger charge is -2.29. The maximum atomic E-state index is 14.1. The fourth-order valence-corrected chi connectivity index (χ4v) is 8.50. The molecule has 7 heterocycles. The fraction of sp³-hybridized carbons (Fsp3) is 0.282. The maximum absolute atomic E-state index is 14.1. The normalized spacial score (nSPS) is 24.2. The summed E-state index contributed by atoms with van der Waals surface area (Å²) in [6.45, 7) is 3.94. The van der Waals surface area contributed by atoms with Gasteiger partial charge in [-0.25, -0.2) is 9.97 Å². The summed E-state index contributed by atoms with van der Waals surface area (Å²) in [6, 6.07) is 16.7. The lowest BCUT2D eigenvalue weighted by atomic mass is 9.72. The van der Waals surface area contributed by atoms with E-state index in [-0.39, 0.29) is 24.1 Å². The summed E-state index contributed by atoms with van der Waals surface area (Å²) in [5.74, 6) is 1.15. The number of aromatic nitrogens is 3. The third-order valence-corrected chi connectivity index (χ3v) is 11.3. The van der Waals surface area contributed by atoms with Gasteiger partial charge in [0.25, 0.3) is 5.91 Å². The monoisotopic (exact) mass is 680 g/mol. The molecule has 0 saturated heterocycles. The standard InChI is InChI=1S/C39H32N6O6/c1-17(2)29-35-44-31-32(51-35)39-22-7-3-6-20(19-5-4-8-24-28(19)21(15-40-24)27-16-41-34(31)49-27)30(22)45-37(39)50-26-10-9-18(13-23(26)39)14-25(33(46)43-29)42-36(47)38(48)11-12-38/h3-10,13,15-17,25,29,37,40,45,48H,11-12,14H2,1-2H3,(H,42,47)(H,43,46)/t25-,29-,37?,39-/m0/s1. The second kappa shape index (κ2) is 9.67. The van der Waals surface area contributed by atoms with E-state index in [1.807, 2.05) is 50.4 Å². The molecule has 10 bridgehead atoms. The highest BCUT2D eigenvalue weighted by atomic mass is 16.5. The third-order valence-electron chi connectivity index (χ3n) is 11.3. The number of rotatable bonds is 3. The van der Waals surface area contributed by atoms with E-state index in [1.54, 1.807) is 6.20 Å². The van der Waals surface area contributed by atoms with Crippen LogP contribution in [0.1, 0.15) is 61.1 Å². The highest BCUT2D eigenvalue weighted by Gasteiger charge is 2.62. The molecule has 11 rings (SSSR count). The number of H-pyrrole nitrogens is 1. The van der Waals surface area contributed by atoms with E-state index in [9.17, 15) is 14.7 Å². The molecule has 12 nitrogen and oxygen atoms in total. The van der Waals surface area contributed by atoms with Gasteiger partial charge < -0.3 is 39.6 Å². The molecular weight excluding hydrogens is 648 g/mol. The summed E-state index contributed by atoms with van der Waals surface area (Å²) in [4.78, 5) is 40.5. The Morgan fingerprint density at radius 1 is 1.02 bits per heavy atom. The molecular formula is C39H32N6O6. The Kier molecular flexibility index (Phi) is 5.48. The smallest absolute Gasteiger partial charge is 0.252 e. The molecule has 0 radical (unpaired) electrons.